The second-order valence-corrected chi connectivity index (χ2v) is 6.32. The van der Waals surface area contributed by atoms with Crippen LogP contribution < -0.4 is 5.32 Å². The predicted molar refractivity (Wildman–Crippen MR) is 91.6 cm³/mol. The maximum atomic E-state index is 12.2. The number of rotatable bonds is 6. The van der Waals surface area contributed by atoms with Gasteiger partial charge in [0.1, 0.15) is 5.69 Å². The second kappa shape index (κ2) is 6.86. The van der Waals surface area contributed by atoms with Crippen molar-refractivity contribution in [2.45, 2.75) is 33.7 Å². The van der Waals surface area contributed by atoms with Crippen LogP contribution in [-0.4, -0.2) is 27.4 Å². The Morgan fingerprint density at radius 2 is 2.12 bits per heavy atom. The van der Waals surface area contributed by atoms with Crippen LogP contribution in [0.4, 0.5) is 0 Å². The summed E-state index contributed by atoms with van der Waals surface area (Å²) in [6.45, 7) is 7.52. The number of benzene rings is 1. The molecule has 0 aliphatic heterocycles. The molecule has 24 heavy (non-hydrogen) atoms. The highest BCUT2D eigenvalue weighted by Gasteiger charge is 2.13. The highest BCUT2D eigenvalue weighted by atomic mass is 16.5. The Hall–Kier alpha value is -2.63. The molecule has 1 atom stereocenters. The van der Waals surface area contributed by atoms with Gasteiger partial charge in [0.05, 0.1) is 12.1 Å². The zero-order valence-corrected chi connectivity index (χ0v) is 14.2. The van der Waals surface area contributed by atoms with E-state index in [0.29, 0.717) is 23.7 Å². The number of carbonyl (C=O) groups is 1. The molecule has 6 nitrogen and oxygen atoms in total. The third-order valence-corrected chi connectivity index (χ3v) is 4.02. The normalized spacial score (nSPS) is 12.5. The van der Waals surface area contributed by atoms with Gasteiger partial charge in [-0.3, -0.25) is 9.48 Å². The van der Waals surface area contributed by atoms with E-state index in [-0.39, 0.29) is 12.3 Å². The highest BCUT2D eigenvalue weighted by Crippen LogP contribution is 2.18. The standard InChI is InChI=1S/C18H22N4O2/c1-12(11-22-14(3)8-13(2)20-22)10-19-18(23)9-16-15-6-4-5-7-17(15)24-21-16/h4-8,12H,9-11H2,1-3H3,(H,19,23)/t12-/m0/s1. The molecule has 0 saturated carbocycles. The Kier molecular flexibility index (Phi) is 4.64. The van der Waals surface area contributed by atoms with Gasteiger partial charge < -0.3 is 9.84 Å². The second-order valence-electron chi connectivity index (χ2n) is 6.32. The molecule has 1 aromatic carbocycles. The van der Waals surface area contributed by atoms with Crippen LogP contribution in [0.1, 0.15) is 24.0 Å². The lowest BCUT2D eigenvalue weighted by molar-refractivity contribution is -0.120. The largest absolute Gasteiger partial charge is 0.356 e. The minimum atomic E-state index is -0.0470. The highest BCUT2D eigenvalue weighted by molar-refractivity contribution is 5.86. The number of para-hydroxylation sites is 1. The van der Waals surface area contributed by atoms with Crippen molar-refractivity contribution in [3.05, 3.63) is 47.4 Å². The van der Waals surface area contributed by atoms with E-state index in [1.54, 1.807) is 0 Å². The first-order valence-corrected chi connectivity index (χ1v) is 8.14. The average molecular weight is 326 g/mol. The summed E-state index contributed by atoms with van der Waals surface area (Å²) in [7, 11) is 0. The van der Waals surface area contributed by atoms with Gasteiger partial charge >= 0.3 is 0 Å². The Labute approximate surface area is 140 Å². The molecule has 0 unspecified atom stereocenters. The van der Waals surface area contributed by atoms with Crippen LogP contribution in [0.15, 0.2) is 34.9 Å². The number of fused-ring (bicyclic) bond motifs is 1. The molecule has 0 radical (unpaired) electrons. The van der Waals surface area contributed by atoms with Crippen LogP contribution in [0.5, 0.6) is 0 Å². The van der Waals surface area contributed by atoms with Crippen LogP contribution in [-0.2, 0) is 17.8 Å². The van der Waals surface area contributed by atoms with Gasteiger partial charge in [0.25, 0.3) is 0 Å². The number of carbonyl (C=O) groups excluding carboxylic acids is 1. The summed E-state index contributed by atoms with van der Waals surface area (Å²) in [5, 5.41) is 12.3. The molecule has 2 heterocycles. The van der Waals surface area contributed by atoms with Gasteiger partial charge in [0, 0.05) is 24.2 Å². The summed E-state index contributed by atoms with van der Waals surface area (Å²) >= 11 is 0. The SMILES string of the molecule is Cc1cc(C)n(C[C@@H](C)CNC(=O)Cc2noc3ccccc23)n1. The summed E-state index contributed by atoms with van der Waals surface area (Å²) in [6, 6.07) is 9.62. The molecule has 3 aromatic rings. The lowest BCUT2D eigenvalue weighted by atomic mass is 10.1. The van der Waals surface area contributed by atoms with E-state index < -0.39 is 0 Å². The first-order chi connectivity index (χ1) is 11.5. The van der Waals surface area contributed by atoms with Crippen molar-refractivity contribution in [2.24, 2.45) is 5.92 Å². The van der Waals surface area contributed by atoms with Crippen LogP contribution >= 0.6 is 0 Å². The van der Waals surface area contributed by atoms with Crippen molar-refractivity contribution in [3.63, 3.8) is 0 Å². The molecule has 0 aliphatic rings. The lowest BCUT2D eigenvalue weighted by Crippen LogP contribution is -2.31. The topological polar surface area (TPSA) is 73.0 Å². The summed E-state index contributed by atoms with van der Waals surface area (Å²) in [6.07, 6.45) is 0.226. The fourth-order valence-corrected chi connectivity index (χ4v) is 2.79. The van der Waals surface area contributed by atoms with Crippen LogP contribution in [0.3, 0.4) is 0 Å². The van der Waals surface area contributed by atoms with Crippen LogP contribution in [0.2, 0.25) is 0 Å². The van der Waals surface area contributed by atoms with Crippen LogP contribution in [0.25, 0.3) is 11.0 Å². The molecule has 1 amide bonds. The molecule has 2 aromatic heterocycles. The first kappa shape index (κ1) is 16.2. The quantitative estimate of drug-likeness (QED) is 0.756. The van der Waals surface area contributed by atoms with Gasteiger partial charge in [-0.25, -0.2) is 0 Å². The molecule has 0 saturated heterocycles. The minimum absolute atomic E-state index is 0.0470. The van der Waals surface area contributed by atoms with E-state index in [1.165, 1.54) is 0 Å². The van der Waals surface area contributed by atoms with Gasteiger partial charge in [-0.05, 0) is 38.0 Å². The maximum absolute atomic E-state index is 12.2. The van der Waals surface area contributed by atoms with Gasteiger partial charge in [-0.1, -0.05) is 24.2 Å². The predicted octanol–water partition coefficient (Wildman–Crippen LogP) is 2.64. The summed E-state index contributed by atoms with van der Waals surface area (Å²) in [4.78, 5) is 12.2. The van der Waals surface area contributed by atoms with E-state index in [1.807, 2.05) is 42.8 Å². The van der Waals surface area contributed by atoms with Crippen molar-refractivity contribution >= 4 is 16.9 Å². The molecule has 0 fully saturated rings. The van der Waals surface area contributed by atoms with E-state index in [4.69, 9.17) is 4.52 Å². The molecule has 0 spiro atoms. The number of amides is 1. The van der Waals surface area contributed by atoms with Gasteiger partial charge in [-0.2, -0.15) is 5.10 Å². The van der Waals surface area contributed by atoms with Crippen molar-refractivity contribution in [2.75, 3.05) is 6.54 Å². The molecule has 3 rings (SSSR count). The molecular formula is C18H22N4O2. The molecule has 126 valence electrons. The Balaban J connectivity index is 1.53. The van der Waals surface area contributed by atoms with E-state index in [9.17, 15) is 4.79 Å². The number of aromatic nitrogens is 3. The van der Waals surface area contributed by atoms with Crippen molar-refractivity contribution in [1.82, 2.24) is 20.3 Å². The number of nitrogens with one attached hydrogen (secondary N) is 1. The van der Waals surface area contributed by atoms with Gasteiger partial charge in [0.15, 0.2) is 5.58 Å². The van der Waals surface area contributed by atoms with E-state index in [0.717, 1.165) is 23.3 Å². The van der Waals surface area contributed by atoms with Gasteiger partial charge in [-0.15, -0.1) is 0 Å². The first-order valence-electron chi connectivity index (χ1n) is 8.14. The third-order valence-electron chi connectivity index (χ3n) is 4.02. The summed E-state index contributed by atoms with van der Waals surface area (Å²) in [5.41, 5.74) is 3.54. The van der Waals surface area contributed by atoms with Crippen molar-refractivity contribution in [1.29, 1.82) is 0 Å². The monoisotopic (exact) mass is 326 g/mol. The van der Waals surface area contributed by atoms with Crippen molar-refractivity contribution in [3.8, 4) is 0 Å². The zero-order chi connectivity index (χ0) is 17.1. The number of hydrogen-bond donors (Lipinski definition) is 1. The number of hydrogen-bond acceptors (Lipinski definition) is 4. The molecular weight excluding hydrogens is 304 g/mol. The zero-order valence-electron chi connectivity index (χ0n) is 14.2. The Bertz CT molecular complexity index is 850. The Morgan fingerprint density at radius 1 is 1.33 bits per heavy atom. The van der Waals surface area contributed by atoms with E-state index >= 15 is 0 Å². The fraction of sp³-hybridized carbons (Fsp3) is 0.389. The lowest BCUT2D eigenvalue weighted by Gasteiger charge is -2.13. The summed E-state index contributed by atoms with van der Waals surface area (Å²) in [5.74, 6) is 0.246. The Morgan fingerprint density at radius 3 is 2.88 bits per heavy atom. The maximum Gasteiger partial charge on any atom is 0.226 e. The number of nitrogens with zero attached hydrogens (tertiary/aromatic N) is 3. The van der Waals surface area contributed by atoms with E-state index in [2.05, 4.69) is 28.6 Å². The third kappa shape index (κ3) is 3.64. The minimum Gasteiger partial charge on any atom is -0.356 e. The smallest absolute Gasteiger partial charge is 0.226 e. The fourth-order valence-electron chi connectivity index (χ4n) is 2.79. The van der Waals surface area contributed by atoms with Gasteiger partial charge in [0.2, 0.25) is 5.91 Å². The molecule has 1 N–H and O–H groups in total. The molecule has 0 bridgehead atoms. The molecule has 0 aliphatic carbocycles. The summed E-state index contributed by atoms with van der Waals surface area (Å²) < 4.78 is 7.21. The van der Waals surface area contributed by atoms with Crippen molar-refractivity contribution < 1.29 is 9.32 Å². The average Bonchev–Trinajstić information content (AvgIpc) is 3.09. The number of aryl methyl sites for hydroxylation is 2. The molecule has 6 heteroatoms. The van der Waals surface area contributed by atoms with Crippen LogP contribution in [0, 0.1) is 19.8 Å².